The van der Waals surface area contributed by atoms with Crippen LogP contribution in [0.15, 0.2) is 47.5 Å². The largest absolute Gasteiger partial charge is 0.416 e. The number of thioether (sulfide) groups is 1. The number of aliphatic imine (C=N–C) groups is 1. The molecule has 4 rings (SSSR count). The van der Waals surface area contributed by atoms with E-state index in [1.54, 1.807) is 24.3 Å². The molecule has 2 aliphatic heterocycles. The molecule has 2 aliphatic rings. The van der Waals surface area contributed by atoms with Gasteiger partial charge in [0.1, 0.15) is 0 Å². The molecule has 1 fully saturated rings. The van der Waals surface area contributed by atoms with Gasteiger partial charge in [0.25, 0.3) is 0 Å². The first-order chi connectivity index (χ1) is 15.4. The summed E-state index contributed by atoms with van der Waals surface area (Å²) in [5.41, 5.74) is -0.436. The molecule has 6 nitrogen and oxygen atoms in total. The van der Waals surface area contributed by atoms with Gasteiger partial charge in [0.15, 0.2) is 15.0 Å². The molecule has 0 saturated carbocycles. The maximum absolute atomic E-state index is 13.3. The van der Waals surface area contributed by atoms with Crippen LogP contribution in [-0.2, 0) is 20.8 Å². The summed E-state index contributed by atoms with van der Waals surface area (Å²) in [4.78, 5) is 18.2. The Labute approximate surface area is 202 Å². The van der Waals surface area contributed by atoms with Crippen LogP contribution < -0.4 is 10.2 Å². The number of nitrogens with one attached hydrogen (secondary N) is 1. The van der Waals surface area contributed by atoms with Crippen LogP contribution in [0.5, 0.6) is 0 Å². The first-order valence-corrected chi connectivity index (χ1v) is 13.1. The van der Waals surface area contributed by atoms with Crippen LogP contribution in [0.4, 0.5) is 24.5 Å². The van der Waals surface area contributed by atoms with E-state index in [0.717, 1.165) is 30.0 Å². The number of nitrogens with zero attached hydrogens (tertiary/aromatic N) is 2. The summed E-state index contributed by atoms with van der Waals surface area (Å²) in [6, 6.07) is 8.05. The van der Waals surface area contributed by atoms with Crippen molar-refractivity contribution in [2.24, 2.45) is 4.99 Å². The lowest BCUT2D eigenvalue weighted by molar-refractivity contribution is -0.137. The van der Waals surface area contributed by atoms with E-state index >= 15 is 0 Å². The van der Waals surface area contributed by atoms with Gasteiger partial charge in [0.05, 0.1) is 45.6 Å². The molecule has 2 aromatic carbocycles. The van der Waals surface area contributed by atoms with Crippen molar-refractivity contribution in [1.29, 1.82) is 0 Å². The lowest BCUT2D eigenvalue weighted by Gasteiger charge is -2.28. The third-order valence-electron chi connectivity index (χ3n) is 5.08. The summed E-state index contributed by atoms with van der Waals surface area (Å²) in [5, 5.41) is 3.38. The van der Waals surface area contributed by atoms with Gasteiger partial charge in [0, 0.05) is 10.7 Å². The topological polar surface area (TPSA) is 78.8 Å². The lowest BCUT2D eigenvalue weighted by atomic mass is 10.1. The van der Waals surface area contributed by atoms with Crippen LogP contribution in [0.1, 0.15) is 5.56 Å². The molecular weight excluding hydrogens is 522 g/mol. The Bertz CT molecular complexity index is 1240. The van der Waals surface area contributed by atoms with Gasteiger partial charge < -0.3 is 10.2 Å². The Morgan fingerprint density at radius 1 is 1.18 bits per heavy atom. The standard InChI is InChI=1S/C20H16Cl2F3N3O3S2/c21-12-2-1-3-13(7-12)26-18(29)8-32-19-27-15-9-33(30,31)10-17(15)28(19)16-6-11(20(23,24)25)4-5-14(16)22/h1-7,15,17H,8-10H2,(H,26,29)/t15-,17+/m1/s1. The number of amides is 1. The Kier molecular flexibility index (Phi) is 6.60. The van der Waals surface area contributed by atoms with E-state index in [1.807, 2.05) is 0 Å². The normalized spacial score (nSPS) is 21.6. The highest BCUT2D eigenvalue weighted by Crippen LogP contribution is 2.41. The van der Waals surface area contributed by atoms with Gasteiger partial charge in [-0.25, -0.2) is 8.42 Å². The minimum absolute atomic E-state index is 0.00223. The van der Waals surface area contributed by atoms with Gasteiger partial charge >= 0.3 is 6.18 Å². The quantitative estimate of drug-likeness (QED) is 0.610. The number of sulfone groups is 1. The first kappa shape index (κ1) is 24.2. The fourth-order valence-corrected chi connectivity index (χ4v) is 6.84. The smallest absolute Gasteiger partial charge is 0.325 e. The maximum atomic E-state index is 13.3. The van der Waals surface area contributed by atoms with Crippen molar-refractivity contribution in [1.82, 2.24) is 0 Å². The Hall–Kier alpha value is -1.95. The molecule has 2 aromatic rings. The molecule has 2 heterocycles. The molecule has 1 N–H and O–H groups in total. The van der Waals surface area contributed by atoms with Crippen molar-refractivity contribution in [3.8, 4) is 0 Å². The van der Waals surface area contributed by atoms with Crippen LogP contribution in [0.2, 0.25) is 10.0 Å². The molecule has 0 spiro atoms. The van der Waals surface area contributed by atoms with Gasteiger partial charge in [-0.15, -0.1) is 0 Å². The van der Waals surface area contributed by atoms with E-state index in [1.165, 1.54) is 4.90 Å². The number of halogens is 5. The Morgan fingerprint density at radius 2 is 1.94 bits per heavy atom. The van der Waals surface area contributed by atoms with E-state index in [9.17, 15) is 26.4 Å². The predicted octanol–water partition coefficient (Wildman–Crippen LogP) is 4.73. The van der Waals surface area contributed by atoms with Gasteiger partial charge in [-0.1, -0.05) is 41.0 Å². The third-order valence-corrected chi connectivity index (χ3v) is 8.30. The maximum Gasteiger partial charge on any atom is 0.416 e. The van der Waals surface area contributed by atoms with E-state index in [0.29, 0.717) is 10.7 Å². The third kappa shape index (κ3) is 5.42. The fourth-order valence-electron chi connectivity index (χ4n) is 3.68. The van der Waals surface area contributed by atoms with E-state index in [4.69, 9.17) is 23.2 Å². The SMILES string of the molecule is O=C(CSC1=N[C@@H]2CS(=O)(=O)C[C@@H]2N1c1cc(C(F)(F)F)ccc1Cl)Nc1cccc(Cl)c1. The summed E-state index contributed by atoms with van der Waals surface area (Å²) >= 11 is 13.1. The summed E-state index contributed by atoms with van der Waals surface area (Å²) in [5.74, 6) is -0.981. The number of amidine groups is 1. The van der Waals surface area contributed by atoms with Gasteiger partial charge in [-0.05, 0) is 36.4 Å². The van der Waals surface area contributed by atoms with Crippen LogP contribution in [-0.4, -0.2) is 48.8 Å². The zero-order valence-corrected chi connectivity index (χ0v) is 19.8. The second kappa shape index (κ2) is 9.01. The summed E-state index contributed by atoms with van der Waals surface area (Å²) in [6.07, 6.45) is -4.61. The zero-order chi connectivity index (χ0) is 24.0. The highest BCUT2D eigenvalue weighted by molar-refractivity contribution is 8.14. The van der Waals surface area contributed by atoms with Crippen molar-refractivity contribution in [2.45, 2.75) is 18.3 Å². The lowest BCUT2D eigenvalue weighted by Crippen LogP contribution is -2.39. The van der Waals surface area contributed by atoms with Gasteiger partial charge in [-0.3, -0.25) is 9.79 Å². The van der Waals surface area contributed by atoms with E-state index < -0.39 is 33.7 Å². The predicted molar refractivity (Wildman–Crippen MR) is 125 cm³/mol. The van der Waals surface area contributed by atoms with E-state index in [-0.39, 0.29) is 39.0 Å². The van der Waals surface area contributed by atoms with Crippen LogP contribution in [0.25, 0.3) is 0 Å². The van der Waals surface area contributed by atoms with Crippen molar-refractivity contribution in [3.63, 3.8) is 0 Å². The van der Waals surface area contributed by atoms with Crippen LogP contribution in [0, 0.1) is 0 Å². The fraction of sp³-hybridized carbons (Fsp3) is 0.300. The van der Waals surface area contributed by atoms with Crippen LogP contribution >= 0.6 is 35.0 Å². The molecule has 1 amide bonds. The summed E-state index contributed by atoms with van der Waals surface area (Å²) in [6.45, 7) is 0. The first-order valence-electron chi connectivity index (χ1n) is 9.55. The van der Waals surface area contributed by atoms with Gasteiger partial charge in [-0.2, -0.15) is 13.2 Å². The molecule has 2 atom stereocenters. The Balaban J connectivity index is 1.59. The minimum Gasteiger partial charge on any atom is -0.325 e. The Morgan fingerprint density at radius 3 is 2.64 bits per heavy atom. The molecule has 0 radical (unpaired) electrons. The van der Waals surface area contributed by atoms with Crippen LogP contribution in [0.3, 0.4) is 0 Å². The molecule has 0 bridgehead atoms. The molecule has 0 aliphatic carbocycles. The second-order valence-corrected chi connectivity index (χ2v) is 11.4. The molecule has 0 unspecified atom stereocenters. The number of rotatable bonds is 4. The number of alkyl halides is 3. The molecule has 13 heteroatoms. The highest BCUT2D eigenvalue weighted by Gasteiger charge is 2.48. The number of benzene rings is 2. The molecule has 1 saturated heterocycles. The number of carbonyl (C=O) groups excluding carboxylic acids is 1. The minimum atomic E-state index is -4.61. The van der Waals surface area contributed by atoms with Gasteiger partial charge in [0.2, 0.25) is 5.91 Å². The summed E-state index contributed by atoms with van der Waals surface area (Å²) in [7, 11) is -3.41. The molecule has 33 heavy (non-hydrogen) atoms. The second-order valence-electron chi connectivity index (χ2n) is 7.50. The molecular formula is C20H16Cl2F3N3O3S2. The summed E-state index contributed by atoms with van der Waals surface area (Å²) < 4.78 is 64.2. The molecule has 176 valence electrons. The van der Waals surface area contributed by atoms with Crippen molar-refractivity contribution >= 4 is 67.3 Å². The monoisotopic (exact) mass is 537 g/mol. The number of fused-ring (bicyclic) bond motifs is 1. The van der Waals surface area contributed by atoms with Crippen molar-refractivity contribution in [3.05, 3.63) is 58.1 Å². The highest BCUT2D eigenvalue weighted by atomic mass is 35.5. The average molecular weight is 538 g/mol. The number of carbonyl (C=O) groups is 1. The average Bonchev–Trinajstić information content (AvgIpc) is 3.17. The number of anilines is 2. The number of hydrogen-bond donors (Lipinski definition) is 1. The van der Waals surface area contributed by atoms with Crippen molar-refractivity contribution in [2.75, 3.05) is 27.5 Å². The number of hydrogen-bond acceptors (Lipinski definition) is 6. The van der Waals surface area contributed by atoms with Crippen molar-refractivity contribution < 1.29 is 26.4 Å². The zero-order valence-electron chi connectivity index (χ0n) is 16.6. The molecule has 0 aromatic heterocycles. The van der Waals surface area contributed by atoms with E-state index in [2.05, 4.69) is 10.3 Å².